The molecule has 19 heavy (non-hydrogen) atoms. The Morgan fingerprint density at radius 1 is 1.37 bits per heavy atom. The van der Waals surface area contributed by atoms with Gasteiger partial charge < -0.3 is 10.3 Å². The molecule has 4 heterocycles. The van der Waals surface area contributed by atoms with E-state index >= 15 is 0 Å². The van der Waals surface area contributed by atoms with Crippen molar-refractivity contribution in [1.82, 2.24) is 20.2 Å². The minimum Gasteiger partial charge on any atom is -0.346 e. The summed E-state index contributed by atoms with van der Waals surface area (Å²) in [4.78, 5) is 10.2. The first-order valence-corrected chi connectivity index (χ1v) is 7.27. The quantitative estimate of drug-likeness (QED) is 0.860. The largest absolute Gasteiger partial charge is 0.346 e. The van der Waals surface area contributed by atoms with E-state index in [-0.39, 0.29) is 0 Å². The first-order chi connectivity index (χ1) is 9.40. The molecule has 0 aromatic carbocycles. The predicted molar refractivity (Wildman–Crippen MR) is 75.9 cm³/mol. The number of fused-ring (bicyclic) bond motifs is 2. The molecule has 2 aromatic heterocycles. The van der Waals surface area contributed by atoms with E-state index in [4.69, 9.17) is 0 Å². The highest BCUT2D eigenvalue weighted by atomic mass is 15.2. The molecule has 0 radical (unpaired) electrons. The number of piperidine rings is 1. The van der Waals surface area contributed by atoms with Crippen molar-refractivity contribution in [3.63, 3.8) is 0 Å². The lowest BCUT2D eigenvalue weighted by molar-refractivity contribution is 0.313. The van der Waals surface area contributed by atoms with Crippen LogP contribution in [0.4, 0.5) is 0 Å². The Morgan fingerprint density at radius 3 is 3.32 bits per heavy atom. The van der Waals surface area contributed by atoms with Crippen molar-refractivity contribution in [2.75, 3.05) is 19.6 Å². The normalized spacial score (nSPS) is 27.8. The van der Waals surface area contributed by atoms with Crippen molar-refractivity contribution in [3.05, 3.63) is 30.1 Å². The topological polar surface area (TPSA) is 44.0 Å². The SMILES string of the molecule is c1cnc2[nH]cc(CN3CC4CCCNC4C3)c2c1. The molecule has 4 nitrogen and oxygen atoms in total. The number of aromatic amines is 1. The fourth-order valence-corrected chi connectivity index (χ4v) is 3.65. The van der Waals surface area contributed by atoms with Crippen LogP contribution in [0.2, 0.25) is 0 Å². The summed E-state index contributed by atoms with van der Waals surface area (Å²) < 4.78 is 0. The third-order valence-electron chi connectivity index (χ3n) is 4.61. The Hall–Kier alpha value is -1.39. The van der Waals surface area contributed by atoms with Gasteiger partial charge in [-0.2, -0.15) is 0 Å². The molecule has 4 heteroatoms. The zero-order valence-electron chi connectivity index (χ0n) is 11.1. The summed E-state index contributed by atoms with van der Waals surface area (Å²) in [5.74, 6) is 0.858. The van der Waals surface area contributed by atoms with Crippen LogP contribution in [0, 0.1) is 5.92 Å². The third-order valence-corrected chi connectivity index (χ3v) is 4.61. The molecule has 2 fully saturated rings. The van der Waals surface area contributed by atoms with Gasteiger partial charge in [-0.15, -0.1) is 0 Å². The Kier molecular flexibility index (Phi) is 2.78. The molecule has 2 N–H and O–H groups in total. The fourth-order valence-electron chi connectivity index (χ4n) is 3.65. The monoisotopic (exact) mass is 256 g/mol. The zero-order valence-corrected chi connectivity index (χ0v) is 11.1. The van der Waals surface area contributed by atoms with Gasteiger partial charge in [-0.1, -0.05) is 0 Å². The number of nitrogens with one attached hydrogen (secondary N) is 2. The lowest BCUT2D eigenvalue weighted by Gasteiger charge is -2.24. The van der Waals surface area contributed by atoms with Crippen molar-refractivity contribution in [3.8, 4) is 0 Å². The van der Waals surface area contributed by atoms with Crippen LogP contribution in [0.1, 0.15) is 18.4 Å². The van der Waals surface area contributed by atoms with Crippen LogP contribution in [-0.4, -0.2) is 40.5 Å². The molecule has 0 aliphatic carbocycles. The number of nitrogens with zero attached hydrogens (tertiary/aromatic N) is 2. The molecule has 0 spiro atoms. The van der Waals surface area contributed by atoms with E-state index < -0.39 is 0 Å². The molecule has 2 atom stereocenters. The van der Waals surface area contributed by atoms with Gasteiger partial charge in [0.15, 0.2) is 0 Å². The Labute approximate surface area is 113 Å². The maximum Gasteiger partial charge on any atom is 0.137 e. The maximum atomic E-state index is 4.36. The first-order valence-electron chi connectivity index (χ1n) is 7.27. The standard InChI is InChI=1S/C15H20N4/c1-3-11-8-19(10-14(11)16-5-1)9-12-7-18-15-13(12)4-2-6-17-15/h2,4,6-7,11,14,16H,1,3,5,8-10H2,(H,17,18). The van der Waals surface area contributed by atoms with Gasteiger partial charge in [-0.3, -0.25) is 4.90 Å². The molecule has 0 bridgehead atoms. The summed E-state index contributed by atoms with van der Waals surface area (Å²) in [7, 11) is 0. The van der Waals surface area contributed by atoms with E-state index in [2.05, 4.69) is 32.4 Å². The molecule has 2 aromatic rings. The second kappa shape index (κ2) is 4.62. The highest BCUT2D eigenvalue weighted by Crippen LogP contribution is 2.27. The molecular formula is C15H20N4. The molecule has 2 aliphatic rings. The van der Waals surface area contributed by atoms with E-state index in [0.717, 1.165) is 24.2 Å². The van der Waals surface area contributed by atoms with Crippen LogP contribution in [0.25, 0.3) is 11.0 Å². The maximum absolute atomic E-state index is 4.36. The van der Waals surface area contributed by atoms with Gasteiger partial charge >= 0.3 is 0 Å². The van der Waals surface area contributed by atoms with Crippen molar-refractivity contribution >= 4 is 11.0 Å². The average Bonchev–Trinajstić information content (AvgIpc) is 3.03. The van der Waals surface area contributed by atoms with E-state index in [1.54, 1.807) is 0 Å². The highest BCUT2D eigenvalue weighted by molar-refractivity contribution is 5.79. The van der Waals surface area contributed by atoms with Gasteiger partial charge in [0.05, 0.1) is 0 Å². The zero-order chi connectivity index (χ0) is 12.7. The number of rotatable bonds is 2. The molecule has 2 unspecified atom stereocenters. The number of H-pyrrole nitrogens is 1. The first kappa shape index (κ1) is 11.4. The summed E-state index contributed by atoms with van der Waals surface area (Å²) >= 11 is 0. The summed E-state index contributed by atoms with van der Waals surface area (Å²) in [5.41, 5.74) is 2.38. The summed E-state index contributed by atoms with van der Waals surface area (Å²) in [5, 5.41) is 4.93. The van der Waals surface area contributed by atoms with Crippen molar-refractivity contribution in [2.45, 2.75) is 25.4 Å². The van der Waals surface area contributed by atoms with Crippen LogP contribution in [0.15, 0.2) is 24.5 Å². The number of aromatic nitrogens is 2. The van der Waals surface area contributed by atoms with Crippen LogP contribution in [0.3, 0.4) is 0 Å². The van der Waals surface area contributed by atoms with Gasteiger partial charge in [-0.05, 0) is 43.0 Å². The summed E-state index contributed by atoms with van der Waals surface area (Å²) in [6.07, 6.45) is 6.69. The minimum absolute atomic E-state index is 0.720. The molecule has 100 valence electrons. The van der Waals surface area contributed by atoms with Crippen molar-refractivity contribution in [2.24, 2.45) is 5.92 Å². The van der Waals surface area contributed by atoms with E-state index in [1.165, 1.54) is 43.4 Å². The van der Waals surface area contributed by atoms with Gasteiger partial charge in [0.1, 0.15) is 5.65 Å². The lowest BCUT2D eigenvalue weighted by Crippen LogP contribution is -2.40. The number of likely N-dealkylation sites (tertiary alicyclic amines) is 1. The molecule has 0 amide bonds. The Bertz CT molecular complexity index is 562. The average molecular weight is 256 g/mol. The summed E-state index contributed by atoms with van der Waals surface area (Å²) in [6.45, 7) is 4.68. The summed E-state index contributed by atoms with van der Waals surface area (Å²) in [6, 6.07) is 4.90. The van der Waals surface area contributed by atoms with Crippen LogP contribution < -0.4 is 5.32 Å². The molecule has 2 aliphatic heterocycles. The highest BCUT2D eigenvalue weighted by Gasteiger charge is 2.34. The third kappa shape index (κ3) is 2.05. The van der Waals surface area contributed by atoms with Gasteiger partial charge in [0.2, 0.25) is 0 Å². The lowest BCUT2D eigenvalue weighted by atomic mass is 9.94. The van der Waals surface area contributed by atoms with Crippen molar-refractivity contribution < 1.29 is 0 Å². The van der Waals surface area contributed by atoms with Crippen LogP contribution in [0.5, 0.6) is 0 Å². The van der Waals surface area contributed by atoms with E-state index in [9.17, 15) is 0 Å². The van der Waals surface area contributed by atoms with Gasteiger partial charge in [0.25, 0.3) is 0 Å². The number of hydrogen-bond acceptors (Lipinski definition) is 3. The predicted octanol–water partition coefficient (Wildman–Crippen LogP) is 1.75. The van der Waals surface area contributed by atoms with Gasteiger partial charge in [-0.25, -0.2) is 4.98 Å². The molecule has 0 saturated carbocycles. The second-order valence-electron chi connectivity index (χ2n) is 5.87. The van der Waals surface area contributed by atoms with Crippen LogP contribution in [-0.2, 0) is 6.54 Å². The number of hydrogen-bond donors (Lipinski definition) is 2. The second-order valence-corrected chi connectivity index (χ2v) is 5.87. The smallest absolute Gasteiger partial charge is 0.137 e. The molecule has 4 rings (SSSR count). The van der Waals surface area contributed by atoms with Gasteiger partial charge in [0, 0.05) is 43.5 Å². The number of pyridine rings is 1. The van der Waals surface area contributed by atoms with Crippen molar-refractivity contribution in [1.29, 1.82) is 0 Å². The molecule has 2 saturated heterocycles. The fraction of sp³-hybridized carbons (Fsp3) is 0.533. The Balaban J connectivity index is 1.52. The molecular weight excluding hydrogens is 236 g/mol. The van der Waals surface area contributed by atoms with E-state index in [0.29, 0.717) is 0 Å². The Morgan fingerprint density at radius 2 is 2.37 bits per heavy atom. The van der Waals surface area contributed by atoms with Crippen LogP contribution >= 0.6 is 0 Å². The van der Waals surface area contributed by atoms with E-state index in [1.807, 2.05) is 12.3 Å². The minimum atomic E-state index is 0.720.